The lowest BCUT2D eigenvalue weighted by Crippen LogP contribution is -2.29. The van der Waals surface area contributed by atoms with Gasteiger partial charge in [-0.1, -0.05) is 41.9 Å². The van der Waals surface area contributed by atoms with E-state index in [1.165, 1.54) is 36.3 Å². The number of hydrogen-bond acceptors (Lipinski definition) is 4. The van der Waals surface area contributed by atoms with E-state index in [1.807, 2.05) is 0 Å². The number of aliphatic hydroxyl groups excluding tert-OH is 1. The van der Waals surface area contributed by atoms with Gasteiger partial charge in [-0.2, -0.15) is 0 Å². The number of rotatable bonds is 4. The molecule has 1 unspecified atom stereocenters. The summed E-state index contributed by atoms with van der Waals surface area (Å²) in [6.45, 7) is 1.79. The number of nitrogens with zero attached hydrogens (tertiary/aromatic N) is 1. The predicted molar refractivity (Wildman–Crippen MR) is 120 cm³/mol. The third-order valence-corrected chi connectivity index (χ3v) is 5.59. The second-order valence-corrected chi connectivity index (χ2v) is 7.79. The number of carbonyl (C=O) groups is 2. The molecule has 32 heavy (non-hydrogen) atoms. The van der Waals surface area contributed by atoms with Gasteiger partial charge < -0.3 is 9.84 Å². The smallest absolute Gasteiger partial charge is 0.300 e. The number of aryl methyl sites for hydroxylation is 1. The first kappa shape index (κ1) is 21.6. The Morgan fingerprint density at radius 3 is 2.34 bits per heavy atom. The highest BCUT2D eigenvalue weighted by molar-refractivity contribution is 6.51. The number of methoxy groups -OCH3 is 1. The number of carbonyl (C=O) groups excluding carboxylic acids is 2. The van der Waals surface area contributed by atoms with Crippen molar-refractivity contribution in [2.75, 3.05) is 12.0 Å². The van der Waals surface area contributed by atoms with Gasteiger partial charge in [0.05, 0.1) is 29.3 Å². The maximum Gasteiger partial charge on any atom is 0.300 e. The first-order valence-corrected chi connectivity index (χ1v) is 10.2. The molecule has 162 valence electrons. The molecule has 1 N–H and O–H groups in total. The van der Waals surface area contributed by atoms with Crippen LogP contribution in [0.5, 0.6) is 5.75 Å². The summed E-state index contributed by atoms with van der Waals surface area (Å²) in [7, 11) is 1.40. The Labute approximate surface area is 189 Å². The number of aliphatic hydroxyl groups is 1. The van der Waals surface area contributed by atoms with E-state index in [-0.39, 0.29) is 21.9 Å². The molecule has 0 spiro atoms. The first-order valence-electron chi connectivity index (χ1n) is 9.79. The van der Waals surface area contributed by atoms with Crippen LogP contribution in [0.2, 0.25) is 5.02 Å². The van der Waals surface area contributed by atoms with Crippen molar-refractivity contribution in [1.29, 1.82) is 0 Å². The Balaban J connectivity index is 1.99. The Kier molecular flexibility index (Phi) is 5.72. The summed E-state index contributed by atoms with van der Waals surface area (Å²) in [6.07, 6.45) is 0. The van der Waals surface area contributed by atoms with Crippen molar-refractivity contribution < 1.29 is 23.8 Å². The van der Waals surface area contributed by atoms with E-state index >= 15 is 0 Å². The summed E-state index contributed by atoms with van der Waals surface area (Å²) in [4.78, 5) is 27.5. The fraction of sp³-hybridized carbons (Fsp3) is 0.120. The standard InChI is InChI=1S/C25H19ClFNO4/c1-14-12-18(24(32-2)19(26)13-14)22(29)20-21(15-6-4-3-5-7-15)28(25(31)23(20)30)17-10-8-16(27)9-11-17/h3-13,21,29H,1-2H3/b22-20+. The molecule has 1 aliphatic rings. The number of anilines is 1. The van der Waals surface area contributed by atoms with E-state index in [2.05, 4.69) is 0 Å². The van der Waals surface area contributed by atoms with Crippen molar-refractivity contribution in [1.82, 2.24) is 0 Å². The first-order chi connectivity index (χ1) is 15.3. The topological polar surface area (TPSA) is 66.8 Å². The number of Topliss-reactive ketones (excluding diaryl/α,β-unsaturated/α-hetero) is 1. The van der Waals surface area contributed by atoms with Crippen LogP contribution in [0.4, 0.5) is 10.1 Å². The molecule has 0 aromatic heterocycles. The molecule has 3 aromatic carbocycles. The highest BCUT2D eigenvalue weighted by Gasteiger charge is 2.47. The minimum atomic E-state index is -0.925. The maximum atomic E-state index is 13.5. The summed E-state index contributed by atoms with van der Waals surface area (Å²) in [5.41, 5.74) is 1.77. The Morgan fingerprint density at radius 2 is 1.72 bits per heavy atom. The van der Waals surface area contributed by atoms with Gasteiger partial charge in [0.25, 0.3) is 11.7 Å². The van der Waals surface area contributed by atoms with Gasteiger partial charge in [-0.3, -0.25) is 14.5 Å². The summed E-state index contributed by atoms with van der Waals surface area (Å²) in [6, 6.07) is 16.5. The molecular weight excluding hydrogens is 433 g/mol. The zero-order valence-corrected chi connectivity index (χ0v) is 18.1. The number of ether oxygens (including phenoxy) is 1. The highest BCUT2D eigenvalue weighted by atomic mass is 35.5. The Morgan fingerprint density at radius 1 is 1.06 bits per heavy atom. The van der Waals surface area contributed by atoms with Crippen LogP contribution in [0, 0.1) is 12.7 Å². The number of ketones is 1. The molecule has 5 nitrogen and oxygen atoms in total. The average molecular weight is 452 g/mol. The van der Waals surface area contributed by atoms with Crippen LogP contribution < -0.4 is 9.64 Å². The van der Waals surface area contributed by atoms with Gasteiger partial charge in [0.1, 0.15) is 17.3 Å². The monoisotopic (exact) mass is 451 g/mol. The van der Waals surface area contributed by atoms with Gasteiger partial charge >= 0.3 is 0 Å². The van der Waals surface area contributed by atoms with E-state index in [0.717, 1.165) is 5.56 Å². The molecule has 0 aliphatic carbocycles. The molecule has 1 amide bonds. The lowest BCUT2D eigenvalue weighted by Gasteiger charge is -2.25. The molecular formula is C25H19ClFNO4. The van der Waals surface area contributed by atoms with Crippen LogP contribution in [0.15, 0.2) is 72.3 Å². The van der Waals surface area contributed by atoms with Crippen molar-refractivity contribution in [3.8, 4) is 5.75 Å². The summed E-state index contributed by atoms with van der Waals surface area (Å²) in [5.74, 6) is -2.37. The van der Waals surface area contributed by atoms with Gasteiger partial charge in [-0.25, -0.2) is 4.39 Å². The lowest BCUT2D eigenvalue weighted by molar-refractivity contribution is -0.132. The van der Waals surface area contributed by atoms with Gasteiger partial charge in [0.2, 0.25) is 0 Å². The molecule has 1 heterocycles. The zero-order valence-electron chi connectivity index (χ0n) is 17.3. The van der Waals surface area contributed by atoms with Crippen LogP contribution >= 0.6 is 11.6 Å². The molecule has 7 heteroatoms. The van der Waals surface area contributed by atoms with Gasteiger partial charge in [0.15, 0.2) is 0 Å². The predicted octanol–water partition coefficient (Wildman–Crippen LogP) is 5.42. The van der Waals surface area contributed by atoms with Crippen molar-refractivity contribution in [3.05, 3.63) is 99.8 Å². The lowest BCUT2D eigenvalue weighted by atomic mass is 9.94. The maximum absolute atomic E-state index is 13.5. The van der Waals surface area contributed by atoms with Crippen molar-refractivity contribution >= 4 is 34.7 Å². The second kappa shape index (κ2) is 8.48. The quantitative estimate of drug-likeness (QED) is 0.326. The van der Waals surface area contributed by atoms with E-state index in [9.17, 15) is 19.1 Å². The van der Waals surface area contributed by atoms with Crippen LogP contribution in [-0.2, 0) is 9.59 Å². The van der Waals surface area contributed by atoms with Crippen molar-refractivity contribution in [2.45, 2.75) is 13.0 Å². The minimum Gasteiger partial charge on any atom is -0.507 e. The number of benzene rings is 3. The molecule has 0 saturated carbocycles. The van der Waals surface area contributed by atoms with Crippen LogP contribution in [0.1, 0.15) is 22.7 Å². The third kappa shape index (κ3) is 3.63. The molecule has 1 aliphatic heterocycles. The largest absolute Gasteiger partial charge is 0.507 e. The highest BCUT2D eigenvalue weighted by Crippen LogP contribution is 2.44. The third-order valence-electron chi connectivity index (χ3n) is 5.31. The van der Waals surface area contributed by atoms with Crippen molar-refractivity contribution in [3.63, 3.8) is 0 Å². The average Bonchev–Trinajstić information content (AvgIpc) is 3.04. The Bertz CT molecular complexity index is 1240. The molecule has 0 bridgehead atoms. The van der Waals surface area contributed by atoms with Gasteiger partial charge in [-0.15, -0.1) is 0 Å². The molecule has 1 atom stereocenters. The van der Waals surface area contributed by atoms with Gasteiger partial charge in [-0.05, 0) is 54.4 Å². The fourth-order valence-electron chi connectivity index (χ4n) is 3.91. The van der Waals surface area contributed by atoms with Crippen LogP contribution in [-0.4, -0.2) is 23.9 Å². The fourth-order valence-corrected chi connectivity index (χ4v) is 4.26. The Hall–Kier alpha value is -3.64. The molecule has 1 saturated heterocycles. The number of amides is 1. The van der Waals surface area contributed by atoms with Crippen LogP contribution in [0.3, 0.4) is 0 Å². The van der Waals surface area contributed by atoms with Crippen LogP contribution in [0.25, 0.3) is 5.76 Å². The summed E-state index contributed by atoms with van der Waals surface area (Å²) < 4.78 is 18.9. The molecule has 4 rings (SSSR count). The zero-order chi connectivity index (χ0) is 23.0. The minimum absolute atomic E-state index is 0.106. The molecule has 0 radical (unpaired) electrons. The normalized spacial score (nSPS) is 17.6. The van der Waals surface area contributed by atoms with E-state index in [4.69, 9.17) is 16.3 Å². The van der Waals surface area contributed by atoms with E-state index in [0.29, 0.717) is 11.3 Å². The summed E-state index contributed by atoms with van der Waals surface area (Å²) in [5, 5.41) is 11.6. The number of hydrogen-bond donors (Lipinski definition) is 1. The van der Waals surface area contributed by atoms with Crippen molar-refractivity contribution in [2.24, 2.45) is 0 Å². The summed E-state index contributed by atoms with van der Waals surface area (Å²) >= 11 is 6.29. The number of halogens is 2. The van der Waals surface area contributed by atoms with E-state index in [1.54, 1.807) is 49.4 Å². The molecule has 3 aromatic rings. The van der Waals surface area contributed by atoms with E-state index < -0.39 is 29.3 Å². The van der Waals surface area contributed by atoms with Gasteiger partial charge in [0, 0.05) is 5.69 Å². The molecule has 1 fully saturated rings. The SMILES string of the molecule is COc1c(Cl)cc(C)cc1/C(O)=C1\C(=O)C(=O)N(c2ccc(F)cc2)C1c1ccccc1. The second-order valence-electron chi connectivity index (χ2n) is 7.38.